The minimum absolute atomic E-state index is 0.720. The predicted octanol–water partition coefficient (Wildman–Crippen LogP) is 1.76. The van der Waals surface area contributed by atoms with E-state index < -0.39 is 0 Å². The van der Waals surface area contributed by atoms with Gasteiger partial charge in [-0.05, 0) is 30.7 Å². The maximum atomic E-state index is 5.69. The molecule has 0 radical (unpaired) electrons. The number of anilines is 2. The lowest BCUT2D eigenvalue weighted by Gasteiger charge is -2.24. The van der Waals surface area contributed by atoms with Gasteiger partial charge in [0, 0.05) is 45.3 Å². The molecule has 2 N–H and O–H groups in total. The molecule has 1 aromatic carbocycles. The molecule has 96 valence electrons. The second-order valence-corrected chi connectivity index (χ2v) is 3.92. The van der Waals surface area contributed by atoms with Crippen LogP contribution in [0.1, 0.15) is 6.42 Å². The van der Waals surface area contributed by atoms with Gasteiger partial charge in [0.1, 0.15) is 0 Å². The maximum Gasteiger partial charge on any atom is 0.0637 e. The minimum atomic E-state index is 0.720. The standard InChI is InChI=1S/C13H22N2O2/c1-16-10-3-8-15(9-11-17-2)13-6-4-12(14)5-7-13/h4-7H,3,8-11,14H2,1-2H3. The van der Waals surface area contributed by atoms with Gasteiger partial charge in [0.05, 0.1) is 6.61 Å². The summed E-state index contributed by atoms with van der Waals surface area (Å²) >= 11 is 0. The van der Waals surface area contributed by atoms with Crippen molar-refractivity contribution in [3.63, 3.8) is 0 Å². The van der Waals surface area contributed by atoms with E-state index in [-0.39, 0.29) is 0 Å². The van der Waals surface area contributed by atoms with Crippen LogP contribution in [0.2, 0.25) is 0 Å². The molecule has 0 amide bonds. The van der Waals surface area contributed by atoms with Crippen LogP contribution in [0.4, 0.5) is 11.4 Å². The molecule has 0 fully saturated rings. The molecular weight excluding hydrogens is 216 g/mol. The molecule has 4 nitrogen and oxygen atoms in total. The monoisotopic (exact) mass is 238 g/mol. The van der Waals surface area contributed by atoms with Crippen molar-refractivity contribution in [2.24, 2.45) is 0 Å². The van der Waals surface area contributed by atoms with Crippen molar-refractivity contribution >= 4 is 11.4 Å². The number of nitrogen functional groups attached to an aromatic ring is 1. The molecule has 0 saturated carbocycles. The Morgan fingerprint density at radius 1 is 1.00 bits per heavy atom. The van der Waals surface area contributed by atoms with Gasteiger partial charge in [-0.3, -0.25) is 0 Å². The molecule has 0 aromatic heterocycles. The van der Waals surface area contributed by atoms with E-state index in [2.05, 4.69) is 4.90 Å². The normalized spacial score (nSPS) is 10.5. The van der Waals surface area contributed by atoms with Crippen LogP contribution in [-0.2, 0) is 9.47 Å². The molecule has 0 aliphatic carbocycles. The van der Waals surface area contributed by atoms with E-state index in [1.54, 1.807) is 14.2 Å². The fourth-order valence-corrected chi connectivity index (χ4v) is 1.66. The highest BCUT2D eigenvalue weighted by molar-refractivity contribution is 5.53. The maximum absolute atomic E-state index is 5.69. The molecule has 1 aromatic rings. The number of benzene rings is 1. The van der Waals surface area contributed by atoms with Gasteiger partial charge < -0.3 is 20.1 Å². The lowest BCUT2D eigenvalue weighted by molar-refractivity contribution is 0.191. The Bertz CT molecular complexity index is 301. The molecule has 4 heteroatoms. The summed E-state index contributed by atoms with van der Waals surface area (Å²) in [5.41, 5.74) is 7.65. The van der Waals surface area contributed by atoms with Gasteiger partial charge in [0.15, 0.2) is 0 Å². The Morgan fingerprint density at radius 2 is 1.65 bits per heavy atom. The zero-order valence-electron chi connectivity index (χ0n) is 10.7. The van der Waals surface area contributed by atoms with Crippen LogP contribution in [-0.4, -0.2) is 40.5 Å². The molecule has 0 aliphatic rings. The summed E-state index contributed by atoms with van der Waals surface area (Å²) in [6.45, 7) is 3.33. The lowest BCUT2D eigenvalue weighted by atomic mass is 10.2. The Balaban J connectivity index is 2.57. The van der Waals surface area contributed by atoms with Crippen LogP contribution in [0.15, 0.2) is 24.3 Å². The molecule has 1 rings (SSSR count). The van der Waals surface area contributed by atoms with Crippen LogP contribution >= 0.6 is 0 Å². The number of hydrogen-bond acceptors (Lipinski definition) is 4. The van der Waals surface area contributed by atoms with E-state index in [0.29, 0.717) is 0 Å². The van der Waals surface area contributed by atoms with Crippen LogP contribution in [0, 0.1) is 0 Å². The van der Waals surface area contributed by atoms with Crippen LogP contribution in [0.25, 0.3) is 0 Å². The van der Waals surface area contributed by atoms with Crippen LogP contribution in [0.5, 0.6) is 0 Å². The summed E-state index contributed by atoms with van der Waals surface area (Å²) in [6, 6.07) is 7.92. The zero-order chi connectivity index (χ0) is 12.5. The third-order valence-electron chi connectivity index (χ3n) is 2.60. The second kappa shape index (κ2) is 7.92. The molecule has 0 atom stereocenters. The smallest absolute Gasteiger partial charge is 0.0637 e. The number of nitrogens with two attached hydrogens (primary N) is 1. The van der Waals surface area contributed by atoms with E-state index >= 15 is 0 Å². The van der Waals surface area contributed by atoms with Crippen molar-refractivity contribution < 1.29 is 9.47 Å². The van der Waals surface area contributed by atoms with Gasteiger partial charge in [0.25, 0.3) is 0 Å². The fourth-order valence-electron chi connectivity index (χ4n) is 1.66. The molecule has 0 saturated heterocycles. The highest BCUT2D eigenvalue weighted by atomic mass is 16.5. The first-order valence-corrected chi connectivity index (χ1v) is 5.86. The highest BCUT2D eigenvalue weighted by Gasteiger charge is 2.05. The lowest BCUT2D eigenvalue weighted by Crippen LogP contribution is -2.28. The van der Waals surface area contributed by atoms with E-state index in [1.807, 2.05) is 24.3 Å². The molecule has 17 heavy (non-hydrogen) atoms. The number of ether oxygens (including phenoxy) is 2. The van der Waals surface area contributed by atoms with Gasteiger partial charge in [-0.2, -0.15) is 0 Å². The van der Waals surface area contributed by atoms with Crippen molar-refractivity contribution in [2.75, 3.05) is 51.2 Å². The number of nitrogens with zero attached hydrogens (tertiary/aromatic N) is 1. The summed E-state index contributed by atoms with van der Waals surface area (Å²) in [6.07, 6.45) is 1.00. The largest absolute Gasteiger partial charge is 0.399 e. The predicted molar refractivity (Wildman–Crippen MR) is 71.4 cm³/mol. The van der Waals surface area contributed by atoms with Crippen LogP contribution < -0.4 is 10.6 Å². The Labute approximate surface area is 103 Å². The van der Waals surface area contributed by atoms with Crippen molar-refractivity contribution in [1.82, 2.24) is 0 Å². The first kappa shape index (κ1) is 13.8. The van der Waals surface area contributed by atoms with E-state index in [9.17, 15) is 0 Å². The third-order valence-corrected chi connectivity index (χ3v) is 2.60. The number of rotatable bonds is 8. The molecule has 0 bridgehead atoms. The van der Waals surface area contributed by atoms with E-state index in [4.69, 9.17) is 15.2 Å². The van der Waals surface area contributed by atoms with E-state index in [0.717, 1.165) is 38.4 Å². The van der Waals surface area contributed by atoms with Crippen molar-refractivity contribution in [1.29, 1.82) is 0 Å². The van der Waals surface area contributed by atoms with Gasteiger partial charge in [-0.15, -0.1) is 0 Å². The Hall–Kier alpha value is -1.26. The SMILES string of the molecule is COCCCN(CCOC)c1ccc(N)cc1. The Kier molecular flexibility index (Phi) is 6.43. The van der Waals surface area contributed by atoms with Crippen LogP contribution in [0.3, 0.4) is 0 Å². The Morgan fingerprint density at radius 3 is 2.24 bits per heavy atom. The molecule has 0 spiro atoms. The summed E-state index contributed by atoms with van der Waals surface area (Å²) in [5.74, 6) is 0. The molecule has 0 aliphatic heterocycles. The molecular formula is C13H22N2O2. The summed E-state index contributed by atoms with van der Waals surface area (Å²) in [4.78, 5) is 2.28. The van der Waals surface area contributed by atoms with Crippen molar-refractivity contribution in [2.45, 2.75) is 6.42 Å². The molecule has 0 unspecified atom stereocenters. The first-order chi connectivity index (χ1) is 8.27. The fraction of sp³-hybridized carbons (Fsp3) is 0.538. The highest BCUT2D eigenvalue weighted by Crippen LogP contribution is 2.16. The van der Waals surface area contributed by atoms with Gasteiger partial charge in [-0.25, -0.2) is 0 Å². The molecule has 0 heterocycles. The van der Waals surface area contributed by atoms with Gasteiger partial charge in [-0.1, -0.05) is 0 Å². The average molecular weight is 238 g/mol. The number of hydrogen-bond donors (Lipinski definition) is 1. The van der Waals surface area contributed by atoms with Crippen molar-refractivity contribution in [3.8, 4) is 0 Å². The minimum Gasteiger partial charge on any atom is -0.399 e. The van der Waals surface area contributed by atoms with Gasteiger partial charge in [0.2, 0.25) is 0 Å². The second-order valence-electron chi connectivity index (χ2n) is 3.92. The summed E-state index contributed by atoms with van der Waals surface area (Å²) in [5, 5.41) is 0. The third kappa shape index (κ3) is 5.06. The quantitative estimate of drug-likeness (QED) is 0.554. The summed E-state index contributed by atoms with van der Waals surface area (Å²) < 4.78 is 10.2. The first-order valence-electron chi connectivity index (χ1n) is 5.86. The summed E-state index contributed by atoms with van der Waals surface area (Å²) in [7, 11) is 3.44. The van der Waals surface area contributed by atoms with Gasteiger partial charge >= 0.3 is 0 Å². The topological polar surface area (TPSA) is 47.7 Å². The van der Waals surface area contributed by atoms with E-state index in [1.165, 1.54) is 5.69 Å². The average Bonchev–Trinajstić information content (AvgIpc) is 2.35. The number of methoxy groups -OCH3 is 2. The zero-order valence-corrected chi connectivity index (χ0v) is 10.7. The van der Waals surface area contributed by atoms with Crippen molar-refractivity contribution in [3.05, 3.63) is 24.3 Å².